The van der Waals surface area contributed by atoms with Crippen LogP contribution in [-0.4, -0.2) is 19.1 Å². The summed E-state index contributed by atoms with van der Waals surface area (Å²) in [6.45, 7) is 8.05. The summed E-state index contributed by atoms with van der Waals surface area (Å²) in [4.78, 5) is 12.7. The molecule has 26 heavy (non-hydrogen) atoms. The summed E-state index contributed by atoms with van der Waals surface area (Å²) in [6.07, 6.45) is 0.291. The second-order valence-electron chi connectivity index (χ2n) is 6.99. The summed E-state index contributed by atoms with van der Waals surface area (Å²) in [5, 5.41) is 3.14. The van der Waals surface area contributed by atoms with Crippen molar-refractivity contribution >= 4 is 5.91 Å². The fourth-order valence-electron chi connectivity index (χ4n) is 2.81. The lowest BCUT2D eigenvalue weighted by Gasteiger charge is -2.24. The second kappa shape index (κ2) is 9.27. The summed E-state index contributed by atoms with van der Waals surface area (Å²) in [5.41, 5.74) is 2.08. The van der Waals surface area contributed by atoms with Crippen molar-refractivity contribution in [2.75, 3.05) is 7.11 Å². The third kappa shape index (κ3) is 5.51. The monoisotopic (exact) mass is 355 g/mol. The lowest BCUT2D eigenvalue weighted by atomic mass is 9.96. The van der Waals surface area contributed by atoms with Gasteiger partial charge in [-0.05, 0) is 55.5 Å². The Bertz CT molecular complexity index is 710. The third-order valence-corrected chi connectivity index (χ3v) is 4.31. The summed E-state index contributed by atoms with van der Waals surface area (Å²) >= 11 is 0. The van der Waals surface area contributed by atoms with Gasteiger partial charge < -0.3 is 14.8 Å². The maximum Gasteiger partial charge on any atom is 0.261 e. The van der Waals surface area contributed by atoms with Crippen molar-refractivity contribution in [3.8, 4) is 11.5 Å². The Morgan fingerprint density at radius 2 is 1.69 bits per heavy atom. The number of carbonyl (C=O) groups is 1. The zero-order valence-electron chi connectivity index (χ0n) is 16.3. The van der Waals surface area contributed by atoms with E-state index in [2.05, 4.69) is 19.2 Å². The second-order valence-corrected chi connectivity index (χ2v) is 6.99. The highest BCUT2D eigenvalue weighted by Crippen LogP contribution is 2.24. The minimum absolute atomic E-state index is 0.0590. The maximum atomic E-state index is 12.7. The molecule has 2 aromatic carbocycles. The van der Waals surface area contributed by atoms with Gasteiger partial charge in [0, 0.05) is 0 Å². The molecule has 2 aromatic rings. The van der Waals surface area contributed by atoms with Crippen LogP contribution in [0.15, 0.2) is 48.5 Å². The van der Waals surface area contributed by atoms with Crippen LogP contribution in [0.25, 0.3) is 0 Å². The van der Waals surface area contributed by atoms with Gasteiger partial charge in [0.15, 0.2) is 6.10 Å². The average Bonchev–Trinajstić information content (AvgIpc) is 2.62. The first-order chi connectivity index (χ1) is 12.4. The molecule has 0 aliphatic heterocycles. The molecule has 0 heterocycles. The molecule has 2 rings (SSSR count). The Morgan fingerprint density at radius 3 is 2.27 bits per heavy atom. The Morgan fingerprint density at radius 1 is 1.04 bits per heavy atom. The van der Waals surface area contributed by atoms with Crippen molar-refractivity contribution in [1.82, 2.24) is 5.32 Å². The zero-order valence-corrected chi connectivity index (χ0v) is 16.3. The number of aryl methyl sites for hydroxylation is 1. The summed E-state index contributed by atoms with van der Waals surface area (Å²) < 4.78 is 11.1. The number of hydrogen-bond donors (Lipinski definition) is 1. The highest BCUT2D eigenvalue weighted by Gasteiger charge is 2.21. The van der Waals surface area contributed by atoms with E-state index in [1.165, 1.54) is 0 Å². The van der Waals surface area contributed by atoms with Crippen LogP contribution in [0, 0.1) is 12.8 Å². The van der Waals surface area contributed by atoms with Crippen LogP contribution < -0.4 is 14.8 Å². The summed E-state index contributed by atoms with van der Waals surface area (Å²) in [6, 6.07) is 15.5. The van der Waals surface area contributed by atoms with Crippen LogP contribution in [0.4, 0.5) is 0 Å². The number of hydrogen-bond acceptors (Lipinski definition) is 3. The van der Waals surface area contributed by atoms with Gasteiger partial charge >= 0.3 is 0 Å². The van der Waals surface area contributed by atoms with Gasteiger partial charge in [0.1, 0.15) is 11.5 Å². The fraction of sp³-hybridized carbons (Fsp3) is 0.409. The van der Waals surface area contributed by atoms with E-state index in [9.17, 15) is 4.79 Å². The van der Waals surface area contributed by atoms with Crippen molar-refractivity contribution in [3.63, 3.8) is 0 Å². The molecule has 0 bridgehead atoms. The van der Waals surface area contributed by atoms with E-state index in [4.69, 9.17) is 9.47 Å². The largest absolute Gasteiger partial charge is 0.497 e. The Labute approximate surface area is 156 Å². The molecule has 1 N–H and O–H groups in total. The molecule has 0 aliphatic carbocycles. The van der Waals surface area contributed by atoms with Gasteiger partial charge in [-0.3, -0.25) is 4.79 Å². The van der Waals surface area contributed by atoms with E-state index in [-0.39, 0.29) is 11.9 Å². The molecule has 0 aromatic heterocycles. The van der Waals surface area contributed by atoms with Gasteiger partial charge in [-0.2, -0.15) is 0 Å². The van der Waals surface area contributed by atoms with Crippen LogP contribution in [0.3, 0.4) is 0 Å². The highest BCUT2D eigenvalue weighted by molar-refractivity contribution is 5.81. The number of nitrogens with one attached hydrogen (secondary N) is 1. The lowest BCUT2D eigenvalue weighted by Crippen LogP contribution is -2.39. The van der Waals surface area contributed by atoms with Crippen LogP contribution in [0.1, 0.15) is 44.4 Å². The van der Waals surface area contributed by atoms with E-state index in [0.29, 0.717) is 5.92 Å². The van der Waals surface area contributed by atoms with Crippen LogP contribution in [-0.2, 0) is 4.79 Å². The van der Waals surface area contributed by atoms with Crippen molar-refractivity contribution in [1.29, 1.82) is 0 Å². The van der Waals surface area contributed by atoms with Gasteiger partial charge in [-0.1, -0.05) is 44.2 Å². The van der Waals surface area contributed by atoms with Crippen molar-refractivity contribution in [2.45, 2.75) is 46.3 Å². The Hall–Kier alpha value is -2.49. The van der Waals surface area contributed by atoms with E-state index in [1.807, 2.05) is 55.5 Å². The molecule has 0 saturated carbocycles. The standard InChI is InChI=1S/C22H29NO3/c1-15(2)14-20(18-10-12-19(25-5)13-11-18)23-22(24)17(4)26-21-9-7-6-8-16(21)3/h6-13,15,17,20H,14H2,1-5H3,(H,23,24)/t17-,20-/m0/s1. The van der Waals surface area contributed by atoms with Crippen molar-refractivity contribution < 1.29 is 14.3 Å². The number of para-hydroxylation sites is 1. The van der Waals surface area contributed by atoms with E-state index in [1.54, 1.807) is 14.0 Å². The zero-order chi connectivity index (χ0) is 19.1. The first-order valence-corrected chi connectivity index (χ1v) is 9.07. The molecule has 0 saturated heterocycles. The third-order valence-electron chi connectivity index (χ3n) is 4.31. The maximum absolute atomic E-state index is 12.7. The number of amides is 1. The number of rotatable bonds is 8. The summed E-state index contributed by atoms with van der Waals surface area (Å²) in [5.74, 6) is 1.88. The van der Waals surface area contributed by atoms with Gasteiger partial charge in [0.25, 0.3) is 5.91 Å². The van der Waals surface area contributed by atoms with E-state index in [0.717, 1.165) is 29.0 Å². The van der Waals surface area contributed by atoms with Crippen LogP contribution in [0.2, 0.25) is 0 Å². The number of ether oxygens (including phenoxy) is 2. The van der Waals surface area contributed by atoms with E-state index < -0.39 is 6.10 Å². The predicted octanol–water partition coefficient (Wildman–Crippen LogP) is 4.67. The highest BCUT2D eigenvalue weighted by atomic mass is 16.5. The Kier molecular flexibility index (Phi) is 7.07. The number of carbonyl (C=O) groups excluding carboxylic acids is 1. The van der Waals surface area contributed by atoms with Gasteiger partial charge in [-0.15, -0.1) is 0 Å². The van der Waals surface area contributed by atoms with Crippen molar-refractivity contribution in [2.24, 2.45) is 5.92 Å². The number of methoxy groups -OCH3 is 1. The van der Waals surface area contributed by atoms with Crippen LogP contribution in [0.5, 0.6) is 11.5 Å². The molecular formula is C22H29NO3. The molecule has 140 valence electrons. The van der Waals surface area contributed by atoms with Gasteiger partial charge in [-0.25, -0.2) is 0 Å². The Balaban J connectivity index is 2.08. The smallest absolute Gasteiger partial charge is 0.261 e. The molecule has 0 radical (unpaired) electrons. The molecule has 4 nitrogen and oxygen atoms in total. The lowest BCUT2D eigenvalue weighted by molar-refractivity contribution is -0.128. The quantitative estimate of drug-likeness (QED) is 0.748. The van der Waals surface area contributed by atoms with Crippen LogP contribution >= 0.6 is 0 Å². The molecule has 0 fully saturated rings. The fourth-order valence-corrected chi connectivity index (χ4v) is 2.81. The molecule has 0 unspecified atom stereocenters. The van der Waals surface area contributed by atoms with E-state index >= 15 is 0 Å². The molecular weight excluding hydrogens is 326 g/mol. The molecule has 4 heteroatoms. The summed E-state index contributed by atoms with van der Waals surface area (Å²) in [7, 11) is 1.65. The predicted molar refractivity (Wildman–Crippen MR) is 105 cm³/mol. The first-order valence-electron chi connectivity index (χ1n) is 9.07. The molecule has 2 atom stereocenters. The SMILES string of the molecule is COc1ccc([C@H](CC(C)C)NC(=O)[C@H](C)Oc2ccccc2C)cc1. The minimum Gasteiger partial charge on any atom is -0.497 e. The average molecular weight is 355 g/mol. The van der Waals surface area contributed by atoms with Gasteiger partial charge in [0.2, 0.25) is 0 Å². The first kappa shape index (κ1) is 19.8. The molecule has 1 amide bonds. The van der Waals surface area contributed by atoms with Gasteiger partial charge in [0.05, 0.1) is 13.2 Å². The molecule has 0 spiro atoms. The molecule has 0 aliphatic rings. The normalized spacial score (nSPS) is 13.2. The van der Waals surface area contributed by atoms with Crippen molar-refractivity contribution in [3.05, 3.63) is 59.7 Å². The topological polar surface area (TPSA) is 47.6 Å². The minimum atomic E-state index is -0.566. The number of benzene rings is 2.